The summed E-state index contributed by atoms with van der Waals surface area (Å²) in [5, 5.41) is 26.1. The predicted octanol–water partition coefficient (Wildman–Crippen LogP) is 7.58. The summed E-state index contributed by atoms with van der Waals surface area (Å²) in [5.74, 6) is -4.59. The van der Waals surface area contributed by atoms with Crippen molar-refractivity contribution in [3.8, 4) is 17.2 Å². The molecule has 1 amide bonds. The van der Waals surface area contributed by atoms with E-state index in [2.05, 4.69) is 24.3 Å². The van der Waals surface area contributed by atoms with Gasteiger partial charge < -0.3 is 48.1 Å². The molecule has 1 saturated heterocycles. The molecule has 16 nitrogen and oxygen atoms in total. The van der Waals surface area contributed by atoms with Crippen molar-refractivity contribution in [2.45, 2.75) is 99.3 Å². The van der Waals surface area contributed by atoms with Crippen LogP contribution in [-0.2, 0) is 23.8 Å². The zero-order valence-corrected chi connectivity index (χ0v) is 41.6. The fraction of sp³-hybridized carbons (Fsp3) is 0.519. The number of ketones is 1. The van der Waals surface area contributed by atoms with E-state index in [4.69, 9.17) is 33.1 Å². The highest BCUT2D eigenvalue weighted by atomic mass is 16.7. The summed E-state index contributed by atoms with van der Waals surface area (Å²) in [5.41, 5.74) is -0.148. The first-order valence-electron chi connectivity index (χ1n) is 23.6. The van der Waals surface area contributed by atoms with Gasteiger partial charge in [0, 0.05) is 69.1 Å². The van der Waals surface area contributed by atoms with E-state index in [-0.39, 0.29) is 67.4 Å². The SMILES string of the molecule is CC.CO[C@H]1/C=C/O[C@@]2(C)Oc3c(C)c(=O)c4c(O)c(c5oc6cc(OCCN7CC[N+](C)(C)CC7)ccc6nc5c4c3C2=O)NC(=O)/C(C)=C\C=C\C(C)C[C@@H](C)CC(O)C(OC(C)=O)[C@@H]1C. The van der Waals surface area contributed by atoms with E-state index in [0.717, 1.165) is 37.2 Å². The number of methoxy groups -OCH3 is 1. The van der Waals surface area contributed by atoms with Crippen molar-refractivity contribution >= 4 is 56.3 Å². The van der Waals surface area contributed by atoms with Crippen LogP contribution in [0, 0.1) is 24.7 Å². The number of phenolic OH excluding ortho intramolecular Hbond substituents is 1. The second kappa shape index (κ2) is 21.2. The Bertz CT molecular complexity index is 2700. The molecule has 0 radical (unpaired) electrons. The van der Waals surface area contributed by atoms with Gasteiger partial charge in [0.05, 0.1) is 56.6 Å². The molecule has 3 aliphatic heterocycles. The van der Waals surface area contributed by atoms with Gasteiger partial charge >= 0.3 is 11.8 Å². The van der Waals surface area contributed by atoms with Crippen LogP contribution in [0.5, 0.6) is 17.2 Å². The number of nitrogens with one attached hydrogen (secondary N) is 1. The van der Waals surface area contributed by atoms with Crippen LogP contribution in [-0.4, -0.2) is 127 Å². The van der Waals surface area contributed by atoms with Crippen molar-refractivity contribution in [3.63, 3.8) is 0 Å². The summed E-state index contributed by atoms with van der Waals surface area (Å²) in [4.78, 5) is 62.7. The van der Waals surface area contributed by atoms with Gasteiger partial charge in [0.2, 0.25) is 0 Å². The third-order valence-corrected chi connectivity index (χ3v) is 13.2. The van der Waals surface area contributed by atoms with Gasteiger partial charge in [-0.2, -0.15) is 0 Å². The topological polar surface area (TPSA) is 196 Å². The number of carbonyl (C=O) groups excluding carboxylic acids is 3. The van der Waals surface area contributed by atoms with Gasteiger partial charge in [-0.3, -0.25) is 24.1 Å². The molecule has 16 heteroatoms. The van der Waals surface area contributed by atoms with Crippen molar-refractivity contribution in [1.82, 2.24) is 9.88 Å². The Hall–Kier alpha value is -5.81. The molecule has 368 valence electrons. The lowest BCUT2D eigenvalue weighted by Crippen LogP contribution is -2.55. The summed E-state index contributed by atoms with van der Waals surface area (Å²) >= 11 is 0. The molecular weight excluding hydrogens is 873 g/mol. The number of quaternary nitrogens is 1. The van der Waals surface area contributed by atoms with Gasteiger partial charge in [-0.1, -0.05) is 52.8 Å². The number of fused-ring (bicyclic) bond motifs is 2. The molecule has 4 heterocycles. The largest absolute Gasteiger partial charge is 0.505 e. The highest BCUT2D eigenvalue weighted by Gasteiger charge is 2.49. The summed E-state index contributed by atoms with van der Waals surface area (Å²) in [6.45, 7) is 20.8. The van der Waals surface area contributed by atoms with Crippen LogP contribution < -0.4 is 20.2 Å². The number of esters is 1. The molecule has 3 aliphatic rings. The molecule has 0 spiro atoms. The number of ether oxygens (including phenoxy) is 5. The van der Waals surface area contributed by atoms with E-state index in [0.29, 0.717) is 30.7 Å². The Balaban J connectivity index is 0.00000376. The fourth-order valence-corrected chi connectivity index (χ4v) is 9.19. The zero-order chi connectivity index (χ0) is 49.8. The Morgan fingerprint density at radius 3 is 2.43 bits per heavy atom. The van der Waals surface area contributed by atoms with Crippen molar-refractivity contribution in [1.29, 1.82) is 0 Å². The fourth-order valence-electron chi connectivity index (χ4n) is 9.19. The minimum atomic E-state index is -2.02. The van der Waals surface area contributed by atoms with Crippen LogP contribution in [0.4, 0.5) is 5.69 Å². The number of amides is 1. The number of anilines is 1. The molecular formula is C52H69N4O12+. The maximum Gasteiger partial charge on any atom is 0.312 e. The number of phenols is 1. The number of allylic oxidation sites excluding steroid dienone is 3. The molecule has 1 fully saturated rings. The summed E-state index contributed by atoms with van der Waals surface area (Å²) in [7, 11) is 5.92. The zero-order valence-electron chi connectivity index (χ0n) is 41.6. The van der Waals surface area contributed by atoms with E-state index in [1.54, 1.807) is 44.2 Å². The minimum absolute atomic E-state index is 0.00106. The predicted molar refractivity (Wildman–Crippen MR) is 261 cm³/mol. The monoisotopic (exact) mass is 941 g/mol. The van der Waals surface area contributed by atoms with Crippen LogP contribution in [0.15, 0.2) is 63.6 Å². The summed E-state index contributed by atoms with van der Waals surface area (Å²) in [6.07, 6.45) is 6.34. The van der Waals surface area contributed by atoms with Crippen molar-refractivity contribution in [2.24, 2.45) is 17.8 Å². The van der Waals surface area contributed by atoms with Crippen molar-refractivity contribution in [3.05, 3.63) is 75.7 Å². The van der Waals surface area contributed by atoms with Gasteiger partial charge in [-0.15, -0.1) is 0 Å². The highest BCUT2D eigenvalue weighted by molar-refractivity contribution is 6.26. The average molecular weight is 942 g/mol. The Labute approximate surface area is 398 Å². The Morgan fingerprint density at radius 2 is 1.75 bits per heavy atom. The Kier molecular flexibility index (Phi) is 16.1. The van der Waals surface area contributed by atoms with Crippen LogP contribution in [0.25, 0.3) is 33.0 Å². The third-order valence-electron chi connectivity index (χ3n) is 13.2. The number of aromatic hydroxyl groups is 1. The van der Waals surface area contributed by atoms with E-state index >= 15 is 0 Å². The van der Waals surface area contributed by atoms with Gasteiger partial charge in [0.25, 0.3) is 11.7 Å². The Morgan fingerprint density at radius 1 is 1.04 bits per heavy atom. The molecule has 4 aromatic rings. The molecule has 7 atom stereocenters. The molecule has 0 saturated carbocycles. The van der Waals surface area contributed by atoms with Crippen molar-refractivity contribution < 1.29 is 57.2 Å². The van der Waals surface area contributed by atoms with E-state index in [1.165, 1.54) is 40.2 Å². The second-order valence-electron chi connectivity index (χ2n) is 19.0. The molecule has 68 heavy (non-hydrogen) atoms. The van der Waals surface area contributed by atoms with Crippen LogP contribution in [0.3, 0.4) is 0 Å². The van der Waals surface area contributed by atoms with E-state index in [9.17, 15) is 29.4 Å². The maximum atomic E-state index is 14.7. The normalized spacial score (nSPS) is 27.6. The van der Waals surface area contributed by atoms with Crippen LogP contribution in [0.1, 0.15) is 84.2 Å². The van der Waals surface area contributed by atoms with Gasteiger partial charge in [0.15, 0.2) is 22.3 Å². The van der Waals surface area contributed by atoms with Crippen LogP contribution in [0.2, 0.25) is 0 Å². The molecule has 3 aromatic carbocycles. The van der Waals surface area contributed by atoms with Gasteiger partial charge in [-0.05, 0) is 56.7 Å². The number of hydrogen-bond acceptors (Lipinski definition) is 14. The quantitative estimate of drug-likeness (QED) is 0.0563. The lowest BCUT2D eigenvalue weighted by molar-refractivity contribution is -0.894. The maximum absolute atomic E-state index is 14.7. The number of aliphatic hydroxyl groups is 1. The number of aromatic nitrogens is 1. The number of piperazine rings is 1. The number of benzene rings is 3. The highest BCUT2D eigenvalue weighted by Crippen LogP contribution is 2.48. The first-order chi connectivity index (χ1) is 32.2. The molecule has 3 N–H and O–H groups in total. The lowest BCUT2D eigenvalue weighted by Gasteiger charge is -2.38. The number of rotatable bonds is 6. The molecule has 1 aromatic heterocycles. The number of aliphatic hydroxyl groups excluding tert-OH is 1. The van der Waals surface area contributed by atoms with Gasteiger partial charge in [-0.25, -0.2) is 4.98 Å². The summed E-state index contributed by atoms with van der Waals surface area (Å²) < 4.78 is 37.4. The lowest BCUT2D eigenvalue weighted by atomic mass is 9.86. The first-order valence-corrected chi connectivity index (χ1v) is 23.6. The molecule has 0 aliphatic carbocycles. The third kappa shape index (κ3) is 10.9. The second-order valence-corrected chi connectivity index (χ2v) is 19.0. The first kappa shape index (κ1) is 51.6. The number of carbonyl (C=O) groups is 3. The molecule has 4 bridgehead atoms. The van der Waals surface area contributed by atoms with Crippen molar-refractivity contribution in [2.75, 3.05) is 65.9 Å². The standard InChI is InChI=1S/C50H62N4O12.C2H6/c1-27-12-11-13-29(3)49(60)52-42-44(58)39-38(41-47(42)65-37-26-33(14-15-34(37)51-41)62-23-19-53-17-20-54(8,9)21-18-53)40-46(31(5)43(39)57)66-50(7,48(40)59)63-22-16-36(61-10)30(4)45(64-32(6)55)35(56)25-28(2)24-27;1-2/h11-16,22,26-28,30,35-36,45,56H,17-21,23-25H2,1-10H3,(H-,51,52,57,58,59,60);1-2H3/p+1/b12-11+,22-16+,29-13-;/t27?,28-,30-,35?,36+,45?,50+;/m1./s1. The number of Topliss-reactive ketones (excluding diaryl/α,β-unsaturated/α-hetero) is 1. The summed E-state index contributed by atoms with van der Waals surface area (Å²) in [6, 6.07) is 5.13. The van der Waals surface area contributed by atoms with Crippen LogP contribution >= 0.6 is 0 Å². The smallest absolute Gasteiger partial charge is 0.312 e. The molecule has 7 rings (SSSR count). The number of likely N-dealkylation sites (N-methyl/N-ethyl adjacent to an activating group) is 1. The van der Waals surface area contributed by atoms with E-state index < -0.39 is 58.9 Å². The number of nitrogens with zero attached hydrogens (tertiary/aromatic N) is 3. The minimum Gasteiger partial charge on any atom is -0.505 e. The average Bonchev–Trinajstić information content (AvgIpc) is 3.56. The molecule has 3 unspecified atom stereocenters. The van der Waals surface area contributed by atoms with E-state index in [1.807, 2.05) is 33.8 Å². The number of hydrogen-bond donors (Lipinski definition) is 3. The van der Waals surface area contributed by atoms with Gasteiger partial charge in [0.1, 0.15) is 40.9 Å².